The molecular weight excluding hydrogens is 376 g/mol. The average Bonchev–Trinajstić information content (AvgIpc) is 3.00. The predicted molar refractivity (Wildman–Crippen MR) is 122 cm³/mol. The number of carbonyl (C=O) groups is 1. The van der Waals surface area contributed by atoms with Crippen molar-refractivity contribution in [3.63, 3.8) is 0 Å². The summed E-state index contributed by atoms with van der Waals surface area (Å²) in [6.45, 7) is 10.0. The van der Waals surface area contributed by atoms with E-state index in [1.165, 1.54) is 16.7 Å². The normalized spacial score (nSPS) is 13.1. The molecule has 2 aromatic rings. The topological polar surface area (TPSA) is 73.4 Å². The first kappa shape index (κ1) is 22.0. The van der Waals surface area contributed by atoms with Crippen molar-refractivity contribution in [3.8, 4) is 0 Å². The lowest BCUT2D eigenvalue weighted by Gasteiger charge is -2.14. The van der Waals surface area contributed by atoms with E-state index in [0.717, 1.165) is 50.4 Å². The Morgan fingerprint density at radius 1 is 1.13 bits per heavy atom. The van der Waals surface area contributed by atoms with E-state index in [2.05, 4.69) is 59.5 Å². The number of nitrogens with zero attached hydrogens (tertiary/aromatic N) is 4. The first-order chi connectivity index (χ1) is 14.4. The van der Waals surface area contributed by atoms with Gasteiger partial charge in [-0.15, -0.1) is 0 Å². The molecule has 0 spiro atoms. The van der Waals surface area contributed by atoms with Gasteiger partial charge in [-0.25, -0.2) is 4.98 Å². The Hall–Kier alpha value is -2.67. The summed E-state index contributed by atoms with van der Waals surface area (Å²) in [4.78, 5) is 26.0. The molecule has 0 bridgehead atoms. The van der Waals surface area contributed by atoms with Crippen LogP contribution in [0.3, 0.4) is 0 Å². The van der Waals surface area contributed by atoms with Gasteiger partial charge in [-0.05, 0) is 51.9 Å². The fourth-order valence-electron chi connectivity index (χ4n) is 3.73. The summed E-state index contributed by atoms with van der Waals surface area (Å²) in [5.41, 5.74) is 5.35. The van der Waals surface area contributed by atoms with Crippen LogP contribution in [0, 0.1) is 13.8 Å². The van der Waals surface area contributed by atoms with Crippen LogP contribution in [0.5, 0.6) is 0 Å². The van der Waals surface area contributed by atoms with Gasteiger partial charge in [0.05, 0.1) is 6.54 Å². The molecule has 0 unspecified atom stereocenters. The van der Waals surface area contributed by atoms with Gasteiger partial charge in [-0.2, -0.15) is 4.98 Å². The number of hydrogen-bond acceptors (Lipinski definition) is 6. The molecule has 1 aliphatic heterocycles. The first-order valence-electron chi connectivity index (χ1n) is 10.8. The number of amides is 1. The molecule has 30 heavy (non-hydrogen) atoms. The lowest BCUT2D eigenvalue weighted by atomic mass is 10.0. The van der Waals surface area contributed by atoms with Gasteiger partial charge >= 0.3 is 0 Å². The lowest BCUT2D eigenvalue weighted by Crippen LogP contribution is -2.25. The molecule has 0 atom stereocenters. The van der Waals surface area contributed by atoms with Gasteiger partial charge in [-0.3, -0.25) is 4.79 Å². The van der Waals surface area contributed by atoms with Gasteiger partial charge in [-0.1, -0.05) is 30.7 Å². The van der Waals surface area contributed by atoms with E-state index in [-0.39, 0.29) is 5.91 Å². The van der Waals surface area contributed by atoms with E-state index in [1.54, 1.807) is 0 Å². The van der Waals surface area contributed by atoms with E-state index < -0.39 is 0 Å². The van der Waals surface area contributed by atoms with Crippen LogP contribution in [0.25, 0.3) is 0 Å². The van der Waals surface area contributed by atoms with E-state index in [9.17, 15) is 4.79 Å². The van der Waals surface area contributed by atoms with Crippen molar-refractivity contribution < 1.29 is 4.79 Å². The molecule has 2 heterocycles. The summed E-state index contributed by atoms with van der Waals surface area (Å²) in [6.07, 6.45) is 1.83. The molecule has 3 rings (SSSR count). The van der Waals surface area contributed by atoms with E-state index in [1.807, 2.05) is 19.0 Å². The van der Waals surface area contributed by atoms with Gasteiger partial charge in [0.2, 0.25) is 5.95 Å². The Morgan fingerprint density at radius 3 is 2.63 bits per heavy atom. The molecule has 0 aliphatic carbocycles. The second kappa shape index (κ2) is 9.89. The molecule has 0 fully saturated rings. The number of nitrogens with one attached hydrogen (secondary N) is 2. The van der Waals surface area contributed by atoms with Gasteiger partial charge in [0, 0.05) is 31.7 Å². The van der Waals surface area contributed by atoms with Gasteiger partial charge < -0.3 is 20.4 Å². The van der Waals surface area contributed by atoms with Crippen LogP contribution < -0.4 is 10.6 Å². The molecule has 7 heteroatoms. The number of likely N-dealkylation sites (N-methyl/N-ethyl adjacent to an activating group) is 1. The van der Waals surface area contributed by atoms with E-state index >= 15 is 0 Å². The number of benzene rings is 1. The minimum Gasteiger partial charge on any atom is -0.369 e. The molecule has 0 saturated heterocycles. The van der Waals surface area contributed by atoms with E-state index in [0.29, 0.717) is 18.2 Å². The molecule has 2 N–H and O–H groups in total. The summed E-state index contributed by atoms with van der Waals surface area (Å²) in [6, 6.07) is 6.56. The second-order valence-corrected chi connectivity index (χ2v) is 8.29. The van der Waals surface area contributed by atoms with Crippen LogP contribution in [0.1, 0.15) is 46.1 Å². The number of carbonyl (C=O) groups excluding carboxylic acids is 1. The monoisotopic (exact) mass is 410 g/mol. The van der Waals surface area contributed by atoms with Crippen LogP contribution in [0.4, 0.5) is 11.8 Å². The summed E-state index contributed by atoms with van der Waals surface area (Å²) in [5.74, 6) is 1.28. The molecule has 1 aliphatic rings. The number of anilines is 2. The highest BCUT2D eigenvalue weighted by atomic mass is 16.2. The Balaban J connectivity index is 1.76. The summed E-state index contributed by atoms with van der Waals surface area (Å²) in [7, 11) is 4.05. The summed E-state index contributed by atoms with van der Waals surface area (Å²) in [5, 5.41) is 6.74. The molecule has 0 saturated carbocycles. The Kier molecular flexibility index (Phi) is 7.26. The zero-order valence-electron chi connectivity index (χ0n) is 18.9. The van der Waals surface area contributed by atoms with Gasteiger partial charge in [0.25, 0.3) is 5.91 Å². The second-order valence-electron chi connectivity index (χ2n) is 8.29. The van der Waals surface area contributed by atoms with Crippen molar-refractivity contribution in [2.75, 3.05) is 50.9 Å². The Labute approximate surface area is 179 Å². The van der Waals surface area contributed by atoms with Gasteiger partial charge in [0.1, 0.15) is 11.5 Å². The zero-order valence-corrected chi connectivity index (χ0v) is 18.9. The highest BCUT2D eigenvalue weighted by Crippen LogP contribution is 2.28. The lowest BCUT2D eigenvalue weighted by molar-refractivity contribution is 0.0774. The fourth-order valence-corrected chi connectivity index (χ4v) is 3.73. The number of aromatic nitrogens is 2. The Bertz CT molecular complexity index is 896. The average molecular weight is 411 g/mol. The maximum atomic E-state index is 12.8. The van der Waals surface area contributed by atoms with Gasteiger partial charge in [0.15, 0.2) is 0 Å². The molecule has 7 nitrogen and oxygen atoms in total. The highest BCUT2D eigenvalue weighted by Gasteiger charge is 2.32. The van der Waals surface area contributed by atoms with E-state index in [4.69, 9.17) is 4.98 Å². The molecule has 162 valence electrons. The molecule has 1 amide bonds. The smallest absolute Gasteiger partial charge is 0.273 e. The molecule has 1 aromatic heterocycles. The third-order valence-corrected chi connectivity index (χ3v) is 5.37. The third kappa shape index (κ3) is 5.27. The van der Waals surface area contributed by atoms with Crippen LogP contribution >= 0.6 is 0 Å². The number of fused-ring (bicyclic) bond motifs is 1. The Morgan fingerprint density at radius 2 is 1.93 bits per heavy atom. The van der Waals surface area contributed by atoms with Crippen LogP contribution in [0.15, 0.2) is 18.2 Å². The minimum absolute atomic E-state index is 0.00217. The number of rotatable bonds is 10. The van der Waals surface area contributed by atoms with Crippen molar-refractivity contribution in [2.45, 2.75) is 40.2 Å². The molecule has 1 aromatic carbocycles. The standard InChI is InChI=1S/C23H34N6O/c1-6-12-29-15-19-20(22(29)30)26-23(25-11-13-28(4)5)27-21(19)24-10-9-18-8-7-16(2)14-17(18)3/h7-8,14H,6,9-13,15H2,1-5H3,(H2,24,25,26,27). The van der Waals surface area contributed by atoms with Crippen LogP contribution in [-0.2, 0) is 13.0 Å². The number of hydrogen-bond donors (Lipinski definition) is 2. The maximum Gasteiger partial charge on any atom is 0.273 e. The maximum absolute atomic E-state index is 12.8. The molecular formula is C23H34N6O. The number of aryl methyl sites for hydroxylation is 2. The van der Waals surface area contributed by atoms with Crippen molar-refractivity contribution in [2.24, 2.45) is 0 Å². The summed E-state index contributed by atoms with van der Waals surface area (Å²) < 4.78 is 0. The minimum atomic E-state index is 0.00217. The van der Waals surface area contributed by atoms with Crippen molar-refractivity contribution in [1.29, 1.82) is 0 Å². The highest BCUT2D eigenvalue weighted by molar-refractivity contribution is 5.98. The largest absolute Gasteiger partial charge is 0.369 e. The quantitative estimate of drug-likeness (QED) is 0.627. The molecule has 0 radical (unpaired) electrons. The predicted octanol–water partition coefficient (Wildman–Crippen LogP) is 3.09. The van der Waals surface area contributed by atoms with Crippen molar-refractivity contribution >= 4 is 17.7 Å². The summed E-state index contributed by atoms with van der Waals surface area (Å²) >= 11 is 0. The van der Waals surface area contributed by atoms with Crippen LogP contribution in [0.2, 0.25) is 0 Å². The fraction of sp³-hybridized carbons (Fsp3) is 0.522. The van der Waals surface area contributed by atoms with Crippen LogP contribution in [-0.4, -0.2) is 65.9 Å². The zero-order chi connectivity index (χ0) is 21.7. The SMILES string of the molecule is CCCN1Cc2c(NCCc3ccc(C)cc3C)nc(NCCN(C)C)nc2C1=O. The van der Waals surface area contributed by atoms with Crippen molar-refractivity contribution in [1.82, 2.24) is 19.8 Å². The third-order valence-electron chi connectivity index (χ3n) is 5.37. The first-order valence-corrected chi connectivity index (χ1v) is 10.8. The van der Waals surface area contributed by atoms with Crippen molar-refractivity contribution in [3.05, 3.63) is 46.1 Å².